The monoisotopic (exact) mass is 317 g/mol. The predicted octanol–water partition coefficient (Wildman–Crippen LogP) is 5.52. The standard InChI is InChI=1S/C20H31NO2/c1-6-20(22-13-7-12-21)23-18-10-8-17(9-11-18)19(16(4)5)14-15(2)3/h8-11,15-16,19-20H,6-7,13-14H2,1-5H3. The highest BCUT2D eigenvalue weighted by Crippen LogP contribution is 2.32. The zero-order valence-electron chi connectivity index (χ0n) is 15.2. The molecule has 1 rings (SSSR count). The molecule has 23 heavy (non-hydrogen) atoms. The molecular formula is C20H31NO2. The lowest BCUT2D eigenvalue weighted by Gasteiger charge is -2.24. The molecule has 0 radical (unpaired) electrons. The fourth-order valence-electron chi connectivity index (χ4n) is 2.72. The van der Waals surface area contributed by atoms with E-state index in [4.69, 9.17) is 14.7 Å². The van der Waals surface area contributed by atoms with Crippen LogP contribution in [0.4, 0.5) is 0 Å². The minimum absolute atomic E-state index is 0.286. The summed E-state index contributed by atoms with van der Waals surface area (Å²) in [4.78, 5) is 0. The summed E-state index contributed by atoms with van der Waals surface area (Å²) in [6.45, 7) is 11.6. The maximum atomic E-state index is 8.56. The van der Waals surface area contributed by atoms with Crippen molar-refractivity contribution in [2.75, 3.05) is 6.61 Å². The summed E-state index contributed by atoms with van der Waals surface area (Å²) >= 11 is 0. The number of hydrogen-bond acceptors (Lipinski definition) is 3. The number of rotatable bonds is 10. The van der Waals surface area contributed by atoms with Gasteiger partial charge in [0.1, 0.15) is 5.75 Å². The zero-order chi connectivity index (χ0) is 17.2. The predicted molar refractivity (Wildman–Crippen MR) is 94.4 cm³/mol. The minimum atomic E-state index is -0.286. The van der Waals surface area contributed by atoms with Gasteiger partial charge < -0.3 is 9.47 Å². The van der Waals surface area contributed by atoms with Crippen molar-refractivity contribution in [3.63, 3.8) is 0 Å². The normalized spacial score (nSPS) is 13.8. The Kier molecular flexibility index (Phi) is 8.73. The molecule has 1 aromatic carbocycles. The van der Waals surface area contributed by atoms with E-state index in [9.17, 15) is 0 Å². The zero-order valence-corrected chi connectivity index (χ0v) is 15.2. The molecule has 0 amide bonds. The van der Waals surface area contributed by atoms with Gasteiger partial charge in [0.25, 0.3) is 0 Å². The van der Waals surface area contributed by atoms with Crippen molar-refractivity contribution in [2.24, 2.45) is 11.8 Å². The largest absolute Gasteiger partial charge is 0.465 e. The van der Waals surface area contributed by atoms with E-state index < -0.39 is 0 Å². The van der Waals surface area contributed by atoms with Gasteiger partial charge in [-0.1, -0.05) is 46.8 Å². The van der Waals surface area contributed by atoms with Crippen LogP contribution < -0.4 is 4.74 Å². The van der Waals surface area contributed by atoms with Crippen molar-refractivity contribution in [2.45, 2.75) is 66.1 Å². The van der Waals surface area contributed by atoms with E-state index in [-0.39, 0.29) is 6.29 Å². The van der Waals surface area contributed by atoms with E-state index >= 15 is 0 Å². The molecule has 0 heterocycles. The van der Waals surface area contributed by atoms with E-state index in [0.717, 1.165) is 12.2 Å². The summed E-state index contributed by atoms with van der Waals surface area (Å²) in [5.74, 6) is 2.72. The average molecular weight is 317 g/mol. The summed E-state index contributed by atoms with van der Waals surface area (Å²) in [5.41, 5.74) is 1.37. The first-order valence-corrected chi connectivity index (χ1v) is 8.73. The quantitative estimate of drug-likeness (QED) is 0.421. The molecular weight excluding hydrogens is 286 g/mol. The van der Waals surface area contributed by atoms with Crippen LogP contribution >= 0.6 is 0 Å². The molecule has 0 aliphatic heterocycles. The van der Waals surface area contributed by atoms with Crippen molar-refractivity contribution in [1.29, 1.82) is 5.26 Å². The Balaban J connectivity index is 2.69. The fourth-order valence-corrected chi connectivity index (χ4v) is 2.72. The van der Waals surface area contributed by atoms with Crippen LogP contribution in [0.2, 0.25) is 0 Å². The second kappa shape index (κ2) is 10.3. The van der Waals surface area contributed by atoms with Crippen LogP contribution in [0, 0.1) is 23.2 Å². The molecule has 128 valence electrons. The lowest BCUT2D eigenvalue weighted by molar-refractivity contribution is -0.0796. The number of ether oxygens (including phenoxy) is 2. The summed E-state index contributed by atoms with van der Waals surface area (Å²) in [6, 6.07) is 10.5. The van der Waals surface area contributed by atoms with Crippen LogP contribution in [-0.4, -0.2) is 12.9 Å². The van der Waals surface area contributed by atoms with Gasteiger partial charge in [-0.25, -0.2) is 0 Å². The van der Waals surface area contributed by atoms with Gasteiger partial charge in [0.2, 0.25) is 0 Å². The number of benzene rings is 1. The first-order chi connectivity index (χ1) is 11.0. The van der Waals surface area contributed by atoms with Crippen molar-refractivity contribution < 1.29 is 9.47 Å². The second-order valence-corrected chi connectivity index (χ2v) is 6.78. The molecule has 3 heteroatoms. The molecule has 2 atom stereocenters. The average Bonchev–Trinajstić information content (AvgIpc) is 2.52. The minimum Gasteiger partial charge on any atom is -0.465 e. The van der Waals surface area contributed by atoms with Gasteiger partial charge >= 0.3 is 0 Å². The fraction of sp³-hybridized carbons (Fsp3) is 0.650. The third kappa shape index (κ3) is 7.05. The van der Waals surface area contributed by atoms with Crippen LogP contribution in [0.25, 0.3) is 0 Å². The molecule has 0 fully saturated rings. The third-order valence-electron chi connectivity index (χ3n) is 3.96. The van der Waals surface area contributed by atoms with Gasteiger partial charge in [0, 0.05) is 6.42 Å². The van der Waals surface area contributed by atoms with Crippen LogP contribution in [-0.2, 0) is 4.74 Å². The molecule has 0 aliphatic carbocycles. The highest BCUT2D eigenvalue weighted by molar-refractivity contribution is 5.30. The van der Waals surface area contributed by atoms with Crippen LogP contribution in [0.3, 0.4) is 0 Å². The SMILES string of the molecule is CCC(OCCC#N)Oc1ccc(C(CC(C)C)C(C)C)cc1. The maximum absolute atomic E-state index is 8.56. The van der Waals surface area contributed by atoms with Crippen LogP contribution in [0.5, 0.6) is 5.75 Å². The van der Waals surface area contributed by atoms with Gasteiger partial charge in [0.15, 0.2) is 6.29 Å². The Bertz CT molecular complexity index is 473. The van der Waals surface area contributed by atoms with Crippen molar-refractivity contribution in [3.05, 3.63) is 29.8 Å². The van der Waals surface area contributed by atoms with Crippen LogP contribution in [0.15, 0.2) is 24.3 Å². The van der Waals surface area contributed by atoms with Crippen LogP contribution in [0.1, 0.15) is 65.4 Å². The lowest BCUT2D eigenvalue weighted by Crippen LogP contribution is -2.20. The molecule has 0 aliphatic rings. The van der Waals surface area contributed by atoms with E-state index in [1.54, 1.807) is 0 Å². The molecule has 0 N–H and O–H groups in total. The van der Waals surface area contributed by atoms with E-state index in [1.165, 1.54) is 12.0 Å². The third-order valence-corrected chi connectivity index (χ3v) is 3.96. The molecule has 2 unspecified atom stereocenters. The molecule has 0 spiro atoms. The Labute approximate surface area is 141 Å². The maximum Gasteiger partial charge on any atom is 0.199 e. The van der Waals surface area contributed by atoms with Gasteiger partial charge in [-0.3, -0.25) is 0 Å². The van der Waals surface area contributed by atoms with Gasteiger partial charge in [-0.2, -0.15) is 5.26 Å². The highest BCUT2D eigenvalue weighted by atomic mass is 16.7. The van der Waals surface area contributed by atoms with E-state index in [0.29, 0.717) is 30.8 Å². The van der Waals surface area contributed by atoms with Crippen molar-refractivity contribution in [3.8, 4) is 11.8 Å². The summed E-state index contributed by atoms with van der Waals surface area (Å²) in [5, 5.41) is 8.56. The number of nitriles is 1. The smallest absolute Gasteiger partial charge is 0.199 e. The molecule has 3 nitrogen and oxygen atoms in total. The van der Waals surface area contributed by atoms with E-state index in [1.807, 2.05) is 19.1 Å². The van der Waals surface area contributed by atoms with Crippen molar-refractivity contribution in [1.82, 2.24) is 0 Å². The molecule has 0 aromatic heterocycles. The first-order valence-electron chi connectivity index (χ1n) is 8.73. The lowest BCUT2D eigenvalue weighted by atomic mass is 9.82. The summed E-state index contributed by atoms with van der Waals surface area (Å²) in [6.07, 6.45) is 2.07. The van der Waals surface area contributed by atoms with Gasteiger partial charge in [-0.15, -0.1) is 0 Å². The Morgan fingerprint density at radius 3 is 2.22 bits per heavy atom. The Morgan fingerprint density at radius 1 is 1.09 bits per heavy atom. The molecule has 0 saturated carbocycles. The van der Waals surface area contributed by atoms with E-state index in [2.05, 4.69) is 45.9 Å². The number of nitrogens with zero attached hydrogens (tertiary/aromatic N) is 1. The first kappa shape index (κ1) is 19.5. The molecule has 0 saturated heterocycles. The van der Waals surface area contributed by atoms with Crippen molar-refractivity contribution >= 4 is 0 Å². The highest BCUT2D eigenvalue weighted by Gasteiger charge is 2.17. The number of hydrogen-bond donors (Lipinski definition) is 0. The topological polar surface area (TPSA) is 42.2 Å². The Hall–Kier alpha value is -1.53. The van der Waals surface area contributed by atoms with Gasteiger partial charge in [0.05, 0.1) is 19.1 Å². The molecule has 0 bridgehead atoms. The summed E-state index contributed by atoms with van der Waals surface area (Å²) < 4.78 is 11.4. The Morgan fingerprint density at radius 2 is 1.74 bits per heavy atom. The summed E-state index contributed by atoms with van der Waals surface area (Å²) in [7, 11) is 0. The second-order valence-electron chi connectivity index (χ2n) is 6.78. The molecule has 1 aromatic rings. The van der Waals surface area contributed by atoms with Gasteiger partial charge in [-0.05, 0) is 41.9 Å².